The molecule has 1 nitrogen and oxygen atoms in total. The second-order valence-corrected chi connectivity index (χ2v) is 6.47. The summed E-state index contributed by atoms with van der Waals surface area (Å²) in [6, 6.07) is 0. The first-order valence-corrected chi connectivity index (χ1v) is 6.12. The van der Waals surface area contributed by atoms with Crippen molar-refractivity contribution < 1.29 is 0 Å². The molecule has 0 radical (unpaired) electrons. The molecule has 14 heavy (non-hydrogen) atoms. The molecule has 0 saturated carbocycles. The molecule has 0 fully saturated rings. The normalized spacial score (nSPS) is 14.4. The van der Waals surface area contributed by atoms with Gasteiger partial charge in [-0.2, -0.15) is 0 Å². The lowest BCUT2D eigenvalue weighted by Crippen LogP contribution is -2.17. The fourth-order valence-corrected chi connectivity index (χ4v) is 2.12. The van der Waals surface area contributed by atoms with Gasteiger partial charge in [0.25, 0.3) is 0 Å². The molecule has 0 bridgehead atoms. The van der Waals surface area contributed by atoms with Crippen molar-refractivity contribution in [2.45, 2.75) is 47.5 Å². The van der Waals surface area contributed by atoms with Crippen molar-refractivity contribution in [1.29, 1.82) is 0 Å². The molecule has 0 aliphatic rings. The van der Waals surface area contributed by atoms with Gasteiger partial charge in [0, 0.05) is 11.1 Å². The van der Waals surface area contributed by atoms with Crippen LogP contribution in [-0.4, -0.2) is 4.98 Å². The molecule has 0 aromatic carbocycles. The number of rotatable bonds is 3. The highest BCUT2D eigenvalue weighted by molar-refractivity contribution is 7.11. The SMILES string of the molecule is Cc1ncc(CCC(C)C(C)(C)C)s1. The second kappa shape index (κ2) is 4.43. The van der Waals surface area contributed by atoms with Crippen molar-refractivity contribution in [3.05, 3.63) is 16.1 Å². The van der Waals surface area contributed by atoms with Gasteiger partial charge in [-0.15, -0.1) is 11.3 Å². The molecule has 1 rings (SSSR count). The van der Waals surface area contributed by atoms with E-state index in [-0.39, 0.29) is 0 Å². The van der Waals surface area contributed by atoms with Crippen LogP contribution >= 0.6 is 11.3 Å². The predicted octanol–water partition coefficient (Wildman–Crippen LogP) is 4.07. The van der Waals surface area contributed by atoms with E-state index in [0.717, 1.165) is 5.92 Å². The number of hydrogen-bond acceptors (Lipinski definition) is 2. The van der Waals surface area contributed by atoms with Crippen molar-refractivity contribution in [3.8, 4) is 0 Å². The zero-order valence-electron chi connectivity index (χ0n) is 9.92. The van der Waals surface area contributed by atoms with E-state index in [2.05, 4.69) is 39.6 Å². The molecule has 80 valence electrons. The Labute approximate surface area is 91.6 Å². The Kier molecular flexibility index (Phi) is 3.71. The summed E-state index contributed by atoms with van der Waals surface area (Å²) >= 11 is 1.83. The molecule has 0 aliphatic heterocycles. The Morgan fingerprint density at radius 1 is 1.43 bits per heavy atom. The molecule has 0 saturated heterocycles. The van der Waals surface area contributed by atoms with Gasteiger partial charge in [-0.25, -0.2) is 4.98 Å². The third-order valence-electron chi connectivity index (χ3n) is 2.97. The van der Waals surface area contributed by atoms with Crippen molar-refractivity contribution >= 4 is 11.3 Å². The summed E-state index contributed by atoms with van der Waals surface area (Å²) in [4.78, 5) is 5.70. The quantitative estimate of drug-likeness (QED) is 0.734. The summed E-state index contributed by atoms with van der Waals surface area (Å²) < 4.78 is 0. The van der Waals surface area contributed by atoms with Crippen LogP contribution < -0.4 is 0 Å². The highest BCUT2D eigenvalue weighted by Crippen LogP contribution is 2.29. The van der Waals surface area contributed by atoms with E-state index >= 15 is 0 Å². The molecule has 0 spiro atoms. The highest BCUT2D eigenvalue weighted by Gasteiger charge is 2.19. The van der Waals surface area contributed by atoms with Crippen LogP contribution in [0.5, 0.6) is 0 Å². The van der Waals surface area contributed by atoms with Crippen molar-refractivity contribution in [1.82, 2.24) is 4.98 Å². The molecule has 2 heteroatoms. The molecule has 0 N–H and O–H groups in total. The van der Waals surface area contributed by atoms with Gasteiger partial charge in [0.2, 0.25) is 0 Å². The van der Waals surface area contributed by atoms with E-state index in [1.807, 2.05) is 17.5 Å². The minimum atomic E-state index is 0.430. The molecule has 0 aliphatic carbocycles. The topological polar surface area (TPSA) is 12.9 Å². The summed E-state index contributed by atoms with van der Waals surface area (Å²) in [5, 5.41) is 1.18. The molecule has 1 heterocycles. The van der Waals surface area contributed by atoms with Gasteiger partial charge in [-0.05, 0) is 31.1 Å². The van der Waals surface area contributed by atoms with Gasteiger partial charge in [-0.3, -0.25) is 0 Å². The van der Waals surface area contributed by atoms with Crippen molar-refractivity contribution in [2.24, 2.45) is 11.3 Å². The molecule has 1 aromatic rings. The van der Waals surface area contributed by atoms with Crippen molar-refractivity contribution in [3.63, 3.8) is 0 Å². The lowest BCUT2D eigenvalue weighted by molar-refractivity contribution is 0.247. The Bertz CT molecular complexity index is 283. The van der Waals surface area contributed by atoms with Gasteiger partial charge in [-0.1, -0.05) is 27.7 Å². The molecular weight excluding hydrogens is 190 g/mol. The first-order valence-electron chi connectivity index (χ1n) is 5.31. The molecular formula is C12H21NS. The average Bonchev–Trinajstić information content (AvgIpc) is 2.45. The Morgan fingerprint density at radius 3 is 2.50 bits per heavy atom. The van der Waals surface area contributed by atoms with Gasteiger partial charge in [0.15, 0.2) is 0 Å². The Morgan fingerprint density at radius 2 is 2.07 bits per heavy atom. The predicted molar refractivity (Wildman–Crippen MR) is 63.8 cm³/mol. The van der Waals surface area contributed by atoms with Crippen LogP contribution in [0.15, 0.2) is 6.20 Å². The smallest absolute Gasteiger partial charge is 0.0896 e. The summed E-state index contributed by atoms with van der Waals surface area (Å²) in [6.07, 6.45) is 4.48. The van der Waals surface area contributed by atoms with E-state index < -0.39 is 0 Å². The van der Waals surface area contributed by atoms with Crippen LogP contribution in [0.25, 0.3) is 0 Å². The fourth-order valence-electron chi connectivity index (χ4n) is 1.31. The molecule has 0 amide bonds. The lowest BCUT2D eigenvalue weighted by Gasteiger charge is -2.26. The zero-order valence-corrected chi connectivity index (χ0v) is 10.7. The minimum Gasteiger partial charge on any atom is -0.250 e. The largest absolute Gasteiger partial charge is 0.250 e. The van der Waals surface area contributed by atoms with E-state index in [0.29, 0.717) is 5.41 Å². The van der Waals surface area contributed by atoms with E-state index in [9.17, 15) is 0 Å². The van der Waals surface area contributed by atoms with E-state index in [1.165, 1.54) is 22.7 Å². The Balaban J connectivity index is 2.41. The third-order valence-corrected chi connectivity index (χ3v) is 3.94. The van der Waals surface area contributed by atoms with Crippen LogP contribution in [0.2, 0.25) is 0 Å². The lowest BCUT2D eigenvalue weighted by atomic mass is 9.79. The highest BCUT2D eigenvalue weighted by atomic mass is 32.1. The van der Waals surface area contributed by atoms with Gasteiger partial charge in [0.1, 0.15) is 0 Å². The van der Waals surface area contributed by atoms with Gasteiger partial charge >= 0.3 is 0 Å². The fraction of sp³-hybridized carbons (Fsp3) is 0.750. The van der Waals surface area contributed by atoms with Crippen LogP contribution in [0.1, 0.15) is 44.0 Å². The number of nitrogens with zero attached hydrogens (tertiary/aromatic N) is 1. The van der Waals surface area contributed by atoms with Crippen LogP contribution in [-0.2, 0) is 6.42 Å². The summed E-state index contributed by atoms with van der Waals surface area (Å²) in [7, 11) is 0. The zero-order chi connectivity index (χ0) is 10.8. The monoisotopic (exact) mass is 211 g/mol. The van der Waals surface area contributed by atoms with Gasteiger partial charge < -0.3 is 0 Å². The maximum atomic E-state index is 4.28. The minimum absolute atomic E-state index is 0.430. The summed E-state index contributed by atoms with van der Waals surface area (Å²) in [5.74, 6) is 0.768. The standard InChI is InChI=1S/C12H21NS/c1-9(12(3,4)5)6-7-11-8-13-10(2)14-11/h8-9H,6-7H2,1-5H3. The van der Waals surface area contributed by atoms with E-state index in [1.54, 1.807) is 0 Å². The Hall–Kier alpha value is -0.370. The maximum Gasteiger partial charge on any atom is 0.0896 e. The first kappa shape index (κ1) is 11.7. The second-order valence-electron chi connectivity index (χ2n) is 5.15. The first-order chi connectivity index (χ1) is 6.39. The van der Waals surface area contributed by atoms with Crippen LogP contribution in [0, 0.1) is 18.3 Å². The molecule has 1 unspecified atom stereocenters. The maximum absolute atomic E-state index is 4.28. The van der Waals surface area contributed by atoms with Crippen LogP contribution in [0.4, 0.5) is 0 Å². The van der Waals surface area contributed by atoms with Crippen molar-refractivity contribution in [2.75, 3.05) is 0 Å². The number of aromatic nitrogens is 1. The van der Waals surface area contributed by atoms with E-state index in [4.69, 9.17) is 0 Å². The average molecular weight is 211 g/mol. The summed E-state index contributed by atoms with van der Waals surface area (Å²) in [6.45, 7) is 11.4. The molecule has 1 atom stereocenters. The third kappa shape index (κ3) is 3.41. The molecule has 1 aromatic heterocycles. The number of hydrogen-bond donors (Lipinski definition) is 0. The summed E-state index contributed by atoms with van der Waals surface area (Å²) in [5.41, 5.74) is 0.430. The van der Waals surface area contributed by atoms with Gasteiger partial charge in [0.05, 0.1) is 5.01 Å². The number of aryl methyl sites for hydroxylation is 2. The van der Waals surface area contributed by atoms with Crippen LogP contribution in [0.3, 0.4) is 0 Å². The number of thiazole rings is 1.